The number of aromatic nitrogens is 5. The average Bonchev–Trinajstić information content (AvgIpc) is 3.17. The van der Waals surface area contributed by atoms with Crippen molar-refractivity contribution in [3.63, 3.8) is 0 Å². The number of nitrogens with two attached hydrogens (primary N) is 1. The maximum atomic E-state index is 9.32. The normalized spacial score (nSPS) is 11.1. The van der Waals surface area contributed by atoms with Crippen molar-refractivity contribution in [2.45, 2.75) is 26.4 Å². The summed E-state index contributed by atoms with van der Waals surface area (Å²) in [5.74, 6) is 0.859. The molecular weight excluding hydrogens is 416 g/mol. The maximum absolute atomic E-state index is 9.32. The Bertz CT molecular complexity index is 1300. The number of rotatable bonds is 8. The van der Waals surface area contributed by atoms with E-state index >= 15 is 0 Å². The second-order valence-electron chi connectivity index (χ2n) is 8.06. The Balaban J connectivity index is 1.83. The minimum atomic E-state index is 0.222. The summed E-state index contributed by atoms with van der Waals surface area (Å²) in [7, 11) is 4.09. The molecule has 0 aliphatic heterocycles. The number of nitrogen functional groups attached to an aromatic ring is 1. The Hall–Kier alpha value is -4.03. The van der Waals surface area contributed by atoms with Crippen LogP contribution in [-0.4, -0.2) is 50.1 Å². The maximum Gasteiger partial charge on any atom is 0.320 e. The molecule has 2 N–H and O–H groups in total. The first-order valence-corrected chi connectivity index (χ1v) is 10.7. The van der Waals surface area contributed by atoms with Gasteiger partial charge in [0.15, 0.2) is 17.0 Å². The quantitative estimate of drug-likeness (QED) is 0.442. The van der Waals surface area contributed by atoms with Crippen LogP contribution in [0, 0.1) is 11.3 Å². The van der Waals surface area contributed by atoms with Crippen LogP contribution < -0.4 is 10.5 Å². The van der Waals surface area contributed by atoms with Gasteiger partial charge >= 0.3 is 6.01 Å². The van der Waals surface area contributed by atoms with E-state index in [4.69, 9.17) is 15.5 Å². The molecular formula is C24H26N8O. The fraction of sp³-hybridized carbons (Fsp3) is 0.292. The van der Waals surface area contributed by atoms with E-state index in [0.29, 0.717) is 41.3 Å². The van der Waals surface area contributed by atoms with Crippen molar-refractivity contribution in [2.75, 3.05) is 26.4 Å². The Labute approximate surface area is 192 Å². The Kier molecular flexibility index (Phi) is 6.47. The van der Waals surface area contributed by atoms with E-state index in [2.05, 4.69) is 50.2 Å². The first-order valence-electron chi connectivity index (χ1n) is 10.7. The molecule has 0 radical (unpaired) electrons. The van der Waals surface area contributed by atoms with E-state index in [9.17, 15) is 5.26 Å². The van der Waals surface area contributed by atoms with E-state index in [-0.39, 0.29) is 11.8 Å². The van der Waals surface area contributed by atoms with Crippen molar-refractivity contribution in [2.24, 2.45) is 0 Å². The Morgan fingerprint density at radius 2 is 1.85 bits per heavy atom. The zero-order valence-electron chi connectivity index (χ0n) is 19.0. The lowest BCUT2D eigenvalue weighted by Gasteiger charge is -2.12. The van der Waals surface area contributed by atoms with Gasteiger partial charge in [0.25, 0.3) is 0 Å². The Morgan fingerprint density at radius 1 is 1.09 bits per heavy atom. The Morgan fingerprint density at radius 3 is 2.55 bits per heavy atom. The fourth-order valence-corrected chi connectivity index (χ4v) is 3.55. The van der Waals surface area contributed by atoms with Crippen LogP contribution in [-0.2, 0) is 13.1 Å². The van der Waals surface area contributed by atoms with Crippen molar-refractivity contribution in [1.82, 2.24) is 29.4 Å². The van der Waals surface area contributed by atoms with Crippen LogP contribution in [0.3, 0.4) is 0 Å². The highest BCUT2D eigenvalue weighted by Gasteiger charge is 2.19. The molecule has 0 saturated carbocycles. The molecule has 0 aliphatic carbocycles. The zero-order chi connectivity index (χ0) is 23.4. The third-order valence-corrected chi connectivity index (χ3v) is 5.02. The van der Waals surface area contributed by atoms with E-state index < -0.39 is 0 Å². The number of hydrogen-bond donors (Lipinski definition) is 1. The van der Waals surface area contributed by atoms with E-state index in [1.165, 1.54) is 11.8 Å². The van der Waals surface area contributed by atoms with Crippen LogP contribution in [0.15, 0.2) is 42.7 Å². The molecule has 3 heterocycles. The van der Waals surface area contributed by atoms with Gasteiger partial charge in [0.1, 0.15) is 11.9 Å². The molecule has 168 valence electrons. The van der Waals surface area contributed by atoms with Crippen LogP contribution >= 0.6 is 0 Å². The zero-order valence-corrected chi connectivity index (χ0v) is 19.0. The number of hydrogen-bond acceptors (Lipinski definition) is 8. The number of imidazole rings is 1. The van der Waals surface area contributed by atoms with Gasteiger partial charge < -0.3 is 19.9 Å². The molecule has 0 unspecified atom stereocenters. The highest BCUT2D eigenvalue weighted by Crippen LogP contribution is 2.28. The van der Waals surface area contributed by atoms with Gasteiger partial charge in [-0.3, -0.25) is 4.98 Å². The van der Waals surface area contributed by atoms with Gasteiger partial charge in [-0.15, -0.1) is 0 Å². The molecule has 0 aliphatic rings. The van der Waals surface area contributed by atoms with Crippen LogP contribution in [0.25, 0.3) is 22.6 Å². The molecule has 33 heavy (non-hydrogen) atoms. The smallest absolute Gasteiger partial charge is 0.320 e. The van der Waals surface area contributed by atoms with E-state index in [0.717, 1.165) is 18.5 Å². The number of nitriles is 1. The number of fused-ring (bicyclic) bond motifs is 1. The summed E-state index contributed by atoms with van der Waals surface area (Å²) >= 11 is 0. The number of anilines is 1. The molecule has 1 aromatic carbocycles. The number of pyridine rings is 1. The number of ether oxygens (including phenoxy) is 1. The van der Waals surface area contributed by atoms with Gasteiger partial charge in [-0.1, -0.05) is 31.2 Å². The lowest BCUT2D eigenvalue weighted by Crippen LogP contribution is -2.10. The SMILES string of the molecule is CCCOc1nc(N)c2nc(-c3cncc(C#N)c3)n(Cc3ccc(CN(C)C)cc3)c2n1. The van der Waals surface area contributed by atoms with Crippen molar-refractivity contribution in [3.05, 3.63) is 59.4 Å². The van der Waals surface area contributed by atoms with Crippen LogP contribution in [0.4, 0.5) is 5.82 Å². The minimum Gasteiger partial charge on any atom is -0.463 e. The second kappa shape index (κ2) is 9.63. The van der Waals surface area contributed by atoms with Gasteiger partial charge in [0.05, 0.1) is 18.7 Å². The molecule has 4 rings (SSSR count). The predicted octanol–water partition coefficient (Wildman–Crippen LogP) is 3.24. The largest absolute Gasteiger partial charge is 0.463 e. The highest BCUT2D eigenvalue weighted by molar-refractivity contribution is 5.86. The monoisotopic (exact) mass is 442 g/mol. The predicted molar refractivity (Wildman–Crippen MR) is 126 cm³/mol. The van der Waals surface area contributed by atoms with Crippen LogP contribution in [0.2, 0.25) is 0 Å². The summed E-state index contributed by atoms with van der Waals surface area (Å²) in [6, 6.07) is 12.5. The number of nitrogens with zero attached hydrogens (tertiary/aromatic N) is 7. The summed E-state index contributed by atoms with van der Waals surface area (Å²) < 4.78 is 7.61. The van der Waals surface area contributed by atoms with Gasteiger partial charge in [0.2, 0.25) is 0 Å². The lowest BCUT2D eigenvalue weighted by atomic mass is 10.1. The summed E-state index contributed by atoms with van der Waals surface area (Å²) in [4.78, 5) is 19.9. The van der Waals surface area contributed by atoms with Gasteiger partial charge in [-0.25, -0.2) is 4.98 Å². The summed E-state index contributed by atoms with van der Waals surface area (Å²) in [5, 5.41) is 9.32. The molecule has 0 amide bonds. The minimum absolute atomic E-state index is 0.222. The first kappa shape index (κ1) is 22.2. The van der Waals surface area contributed by atoms with Crippen molar-refractivity contribution in [1.29, 1.82) is 5.26 Å². The van der Waals surface area contributed by atoms with Gasteiger partial charge in [0, 0.05) is 24.5 Å². The van der Waals surface area contributed by atoms with E-state index in [1.807, 2.05) is 25.6 Å². The molecule has 0 bridgehead atoms. The summed E-state index contributed by atoms with van der Waals surface area (Å²) in [6.07, 6.45) is 4.03. The van der Waals surface area contributed by atoms with Crippen LogP contribution in [0.5, 0.6) is 6.01 Å². The molecule has 0 spiro atoms. The molecule has 9 nitrogen and oxygen atoms in total. The second-order valence-corrected chi connectivity index (χ2v) is 8.06. The highest BCUT2D eigenvalue weighted by atomic mass is 16.5. The first-order chi connectivity index (χ1) is 16.0. The van der Waals surface area contributed by atoms with Crippen molar-refractivity contribution in [3.8, 4) is 23.5 Å². The molecule has 9 heteroatoms. The van der Waals surface area contributed by atoms with Gasteiger partial charge in [-0.2, -0.15) is 15.2 Å². The molecule has 3 aromatic heterocycles. The van der Waals surface area contributed by atoms with Gasteiger partial charge in [-0.05, 0) is 37.7 Å². The molecule has 0 saturated heterocycles. The topological polar surface area (TPSA) is 119 Å². The standard InChI is InChI=1S/C24H26N8O/c1-4-9-33-24-29-21(26)20-23(30-24)32(15-17-7-5-16(6-8-17)14-31(2)3)22(28-20)19-10-18(11-25)12-27-13-19/h5-8,10,12-13H,4,9,14-15H2,1-3H3,(H2,26,29,30). The molecule has 0 atom stereocenters. The van der Waals surface area contributed by atoms with Crippen LogP contribution in [0.1, 0.15) is 30.0 Å². The third kappa shape index (κ3) is 4.91. The number of benzene rings is 1. The van der Waals surface area contributed by atoms with E-state index in [1.54, 1.807) is 12.3 Å². The third-order valence-electron chi connectivity index (χ3n) is 5.02. The molecule has 0 fully saturated rings. The van der Waals surface area contributed by atoms with Crippen molar-refractivity contribution < 1.29 is 4.74 Å². The fourth-order valence-electron chi connectivity index (χ4n) is 3.55. The summed E-state index contributed by atoms with van der Waals surface area (Å²) in [6.45, 7) is 3.88. The summed E-state index contributed by atoms with van der Waals surface area (Å²) in [5.41, 5.74) is 10.7. The molecule has 4 aromatic rings. The average molecular weight is 443 g/mol. The lowest BCUT2D eigenvalue weighted by molar-refractivity contribution is 0.293. The van der Waals surface area contributed by atoms with Crippen molar-refractivity contribution >= 4 is 17.0 Å².